The van der Waals surface area contributed by atoms with Crippen LogP contribution in [0, 0.1) is 46.3 Å². The molecule has 0 aromatic carbocycles. The molecule has 4 rings (SSSR count). The van der Waals surface area contributed by atoms with Crippen molar-refractivity contribution in [2.24, 2.45) is 46.3 Å². The molecule has 1 unspecified atom stereocenters. The zero-order valence-corrected chi connectivity index (χ0v) is 17.0. The maximum absolute atomic E-state index is 11.0. The van der Waals surface area contributed by atoms with Gasteiger partial charge in [-0.05, 0) is 104 Å². The second-order valence-electron chi connectivity index (χ2n) is 10.9. The monoisotopic (exact) mass is 364 g/mol. The van der Waals surface area contributed by atoms with Gasteiger partial charge in [0.15, 0.2) is 0 Å². The first kappa shape index (κ1) is 19.2. The number of hydrogen-bond donors (Lipinski definition) is 3. The molecule has 0 radical (unpaired) electrons. The van der Waals surface area contributed by atoms with E-state index >= 15 is 0 Å². The van der Waals surface area contributed by atoms with Crippen LogP contribution in [0.2, 0.25) is 0 Å². The van der Waals surface area contributed by atoms with Gasteiger partial charge in [-0.3, -0.25) is 0 Å². The third-order valence-electron chi connectivity index (χ3n) is 10.00. The van der Waals surface area contributed by atoms with Crippen molar-refractivity contribution < 1.29 is 15.3 Å². The number of aliphatic hydroxyl groups is 3. The first-order chi connectivity index (χ1) is 12.3. The summed E-state index contributed by atoms with van der Waals surface area (Å²) in [6.07, 6.45) is 9.51. The maximum Gasteiger partial charge on any atom is 0.0577 e. The van der Waals surface area contributed by atoms with Crippen LogP contribution in [0.5, 0.6) is 0 Å². The summed E-state index contributed by atoms with van der Waals surface area (Å²) in [4.78, 5) is 0. The Balaban J connectivity index is 1.60. The zero-order chi connectivity index (χ0) is 18.7. The van der Waals surface area contributed by atoms with E-state index in [4.69, 9.17) is 0 Å². The van der Waals surface area contributed by atoms with Gasteiger partial charge in [0.05, 0.1) is 12.2 Å². The van der Waals surface area contributed by atoms with Gasteiger partial charge in [0.2, 0.25) is 0 Å². The molecule has 0 aliphatic heterocycles. The number of rotatable bonds is 3. The molecule has 0 spiro atoms. The molecule has 0 aromatic heterocycles. The van der Waals surface area contributed by atoms with Crippen LogP contribution < -0.4 is 0 Å². The lowest BCUT2D eigenvalue weighted by Crippen LogP contribution is -2.58. The number of fused-ring (bicyclic) bond motifs is 5. The minimum Gasteiger partial charge on any atom is -0.396 e. The second-order valence-corrected chi connectivity index (χ2v) is 10.9. The molecule has 0 bridgehead atoms. The fourth-order valence-corrected chi connectivity index (χ4v) is 8.66. The smallest absolute Gasteiger partial charge is 0.0577 e. The summed E-state index contributed by atoms with van der Waals surface area (Å²) in [5.74, 6) is 3.76. The molecular weight excluding hydrogens is 324 g/mol. The predicted molar refractivity (Wildman–Crippen MR) is 103 cm³/mol. The van der Waals surface area contributed by atoms with Gasteiger partial charge in [0, 0.05) is 6.61 Å². The lowest BCUT2D eigenvalue weighted by atomic mass is 9.44. The van der Waals surface area contributed by atoms with Crippen molar-refractivity contribution in [2.45, 2.75) is 90.8 Å². The largest absolute Gasteiger partial charge is 0.396 e. The Hall–Kier alpha value is -0.120. The van der Waals surface area contributed by atoms with Gasteiger partial charge in [-0.2, -0.15) is 0 Å². The van der Waals surface area contributed by atoms with Crippen LogP contribution in [0.4, 0.5) is 0 Å². The molecule has 0 heterocycles. The molecule has 3 N–H and O–H groups in total. The third-order valence-corrected chi connectivity index (χ3v) is 10.00. The summed E-state index contributed by atoms with van der Waals surface area (Å²) in [7, 11) is 0. The second kappa shape index (κ2) is 6.74. The molecule has 0 saturated heterocycles. The summed E-state index contributed by atoms with van der Waals surface area (Å²) in [6, 6.07) is 0. The van der Waals surface area contributed by atoms with E-state index in [1.807, 2.05) is 0 Å². The summed E-state index contributed by atoms with van der Waals surface area (Å²) in [5, 5.41) is 30.7. The lowest BCUT2D eigenvalue weighted by Gasteiger charge is -2.62. The number of hydrogen-bond acceptors (Lipinski definition) is 3. The molecule has 4 aliphatic rings. The molecule has 0 amide bonds. The Morgan fingerprint density at radius 2 is 1.58 bits per heavy atom. The van der Waals surface area contributed by atoms with Gasteiger partial charge in [-0.25, -0.2) is 0 Å². The molecule has 150 valence electrons. The van der Waals surface area contributed by atoms with E-state index in [0.717, 1.165) is 49.9 Å². The van der Waals surface area contributed by atoms with Crippen LogP contribution in [-0.4, -0.2) is 34.1 Å². The first-order valence-electron chi connectivity index (χ1n) is 11.3. The average Bonchev–Trinajstić information content (AvgIpc) is 2.94. The van der Waals surface area contributed by atoms with Gasteiger partial charge >= 0.3 is 0 Å². The lowest BCUT2D eigenvalue weighted by molar-refractivity contribution is -0.172. The minimum absolute atomic E-state index is 0.205. The fourth-order valence-electron chi connectivity index (χ4n) is 8.66. The van der Waals surface area contributed by atoms with Crippen molar-refractivity contribution in [3.05, 3.63) is 0 Å². The van der Waals surface area contributed by atoms with Gasteiger partial charge in [0.1, 0.15) is 0 Å². The highest BCUT2D eigenvalue weighted by molar-refractivity contribution is 5.11. The van der Waals surface area contributed by atoms with E-state index in [2.05, 4.69) is 20.8 Å². The SMILES string of the molecule is C[C@H](CCO)[C@H]1CC[C@H]2[C@@H]3C[C@H](O)[C@@H]4CC(O)CC[C@]4(C)[C@H]3CC[C@]12C. The highest BCUT2D eigenvalue weighted by atomic mass is 16.3. The number of aliphatic hydroxyl groups excluding tert-OH is 3. The molecular formula is C23H40O3. The quantitative estimate of drug-likeness (QED) is 0.709. The van der Waals surface area contributed by atoms with Crippen molar-refractivity contribution in [2.75, 3.05) is 6.61 Å². The van der Waals surface area contributed by atoms with Gasteiger partial charge in [-0.15, -0.1) is 0 Å². The zero-order valence-electron chi connectivity index (χ0n) is 17.0. The highest BCUT2D eigenvalue weighted by Crippen LogP contribution is 2.68. The van der Waals surface area contributed by atoms with E-state index in [1.54, 1.807) is 0 Å². The van der Waals surface area contributed by atoms with Gasteiger partial charge in [0.25, 0.3) is 0 Å². The Kier molecular flexibility index (Phi) is 4.98. The Labute approximate surface area is 159 Å². The molecule has 4 fully saturated rings. The maximum atomic E-state index is 11.0. The van der Waals surface area contributed by atoms with E-state index in [1.165, 1.54) is 25.7 Å². The molecule has 0 aromatic rings. The molecule has 26 heavy (non-hydrogen) atoms. The van der Waals surface area contributed by atoms with Crippen LogP contribution in [0.15, 0.2) is 0 Å². The van der Waals surface area contributed by atoms with Crippen LogP contribution in [0.1, 0.15) is 78.6 Å². The van der Waals surface area contributed by atoms with Crippen molar-refractivity contribution in [1.29, 1.82) is 0 Å². The fraction of sp³-hybridized carbons (Fsp3) is 1.00. The summed E-state index contributed by atoms with van der Waals surface area (Å²) >= 11 is 0. The summed E-state index contributed by atoms with van der Waals surface area (Å²) < 4.78 is 0. The molecule has 4 aliphatic carbocycles. The minimum atomic E-state index is -0.229. The first-order valence-corrected chi connectivity index (χ1v) is 11.3. The van der Waals surface area contributed by atoms with Gasteiger partial charge in [-0.1, -0.05) is 20.8 Å². The Bertz CT molecular complexity index is 522. The topological polar surface area (TPSA) is 60.7 Å². The average molecular weight is 365 g/mol. The van der Waals surface area contributed by atoms with Crippen molar-refractivity contribution in [3.63, 3.8) is 0 Å². The van der Waals surface area contributed by atoms with E-state index in [0.29, 0.717) is 29.8 Å². The standard InChI is InChI=1S/C23H40O3/c1-14(8-11-24)17-4-5-18-16-13-21(26)20-12-15(25)6-9-23(20,3)19(16)7-10-22(17,18)2/h14-21,24-26H,4-13H2,1-3H3/t14-,15?,16+,17-,18+,19+,20+,21+,22-,23-/m1/s1. The summed E-state index contributed by atoms with van der Waals surface area (Å²) in [5.41, 5.74) is 0.616. The van der Waals surface area contributed by atoms with Crippen LogP contribution in [0.3, 0.4) is 0 Å². The molecule has 4 saturated carbocycles. The predicted octanol–water partition coefficient (Wildman–Crippen LogP) is 4.00. The van der Waals surface area contributed by atoms with E-state index in [9.17, 15) is 15.3 Å². The van der Waals surface area contributed by atoms with E-state index in [-0.39, 0.29) is 17.6 Å². The summed E-state index contributed by atoms with van der Waals surface area (Å²) in [6.45, 7) is 7.62. The molecule has 3 nitrogen and oxygen atoms in total. The van der Waals surface area contributed by atoms with Gasteiger partial charge < -0.3 is 15.3 Å². The highest BCUT2D eigenvalue weighted by Gasteiger charge is 2.62. The van der Waals surface area contributed by atoms with Crippen LogP contribution in [-0.2, 0) is 0 Å². The van der Waals surface area contributed by atoms with Crippen molar-refractivity contribution >= 4 is 0 Å². The normalized spacial score (nSPS) is 54.9. The molecule has 3 heteroatoms. The van der Waals surface area contributed by atoms with E-state index < -0.39 is 0 Å². The molecule has 10 atom stereocenters. The van der Waals surface area contributed by atoms with Crippen molar-refractivity contribution in [3.8, 4) is 0 Å². The van der Waals surface area contributed by atoms with Crippen LogP contribution in [0.25, 0.3) is 0 Å². The third kappa shape index (κ3) is 2.71. The Morgan fingerprint density at radius 1 is 0.885 bits per heavy atom. The van der Waals surface area contributed by atoms with Crippen LogP contribution >= 0.6 is 0 Å². The van der Waals surface area contributed by atoms with Crippen molar-refractivity contribution in [1.82, 2.24) is 0 Å². The Morgan fingerprint density at radius 3 is 2.31 bits per heavy atom.